The van der Waals surface area contributed by atoms with E-state index >= 15 is 0 Å². The van der Waals surface area contributed by atoms with E-state index in [1.165, 1.54) is 75.9 Å². The summed E-state index contributed by atoms with van der Waals surface area (Å²) in [6, 6.07) is 35.9. The van der Waals surface area contributed by atoms with Crippen molar-refractivity contribution in [1.29, 1.82) is 0 Å². The molecule has 168 valence electrons. The van der Waals surface area contributed by atoms with Gasteiger partial charge in [0.2, 0.25) is 0 Å². The van der Waals surface area contributed by atoms with E-state index in [4.69, 9.17) is 0 Å². The maximum absolute atomic E-state index is 2.62. The fourth-order valence-electron chi connectivity index (χ4n) is 6.17. The second-order valence-electron chi connectivity index (χ2n) is 9.05. The number of fused-ring (bicyclic) bond motifs is 15. The fraction of sp³-hybridized carbons (Fsp3) is 0.0323. The third kappa shape index (κ3) is 2.49. The van der Waals surface area contributed by atoms with Crippen molar-refractivity contribution in [3.63, 3.8) is 0 Å². The van der Waals surface area contributed by atoms with Gasteiger partial charge in [-0.05, 0) is 0 Å². The van der Waals surface area contributed by atoms with Gasteiger partial charge in [-0.15, -0.1) is 0 Å². The first-order valence-electron chi connectivity index (χ1n) is 11.7. The average molecular weight is 673 g/mol. The number of rotatable bonds is 1. The van der Waals surface area contributed by atoms with Crippen molar-refractivity contribution in [3.05, 3.63) is 97.1 Å². The molecule has 0 radical (unpaired) electrons. The molecule has 0 spiro atoms. The average Bonchev–Trinajstić information content (AvgIpc) is 3.41. The van der Waals surface area contributed by atoms with Crippen LogP contribution in [0, 0.1) is 0 Å². The first-order valence-corrected chi connectivity index (χ1v) is 15.8. The minimum absolute atomic E-state index is 0.188. The zero-order valence-electron chi connectivity index (χ0n) is 18.9. The summed E-state index contributed by atoms with van der Waals surface area (Å²) < 4.78 is 4.99. The van der Waals surface area contributed by atoms with Gasteiger partial charge in [0, 0.05) is 0 Å². The summed E-state index contributed by atoms with van der Waals surface area (Å²) in [6.07, 6.45) is 0. The number of aromatic nitrogens is 2. The molecule has 6 aromatic carbocycles. The molecule has 0 saturated carbocycles. The van der Waals surface area contributed by atoms with Gasteiger partial charge in [0.1, 0.15) is 0 Å². The van der Waals surface area contributed by atoms with Gasteiger partial charge >= 0.3 is 228 Å². The summed E-state index contributed by atoms with van der Waals surface area (Å²) in [4.78, 5) is 2.37. The van der Waals surface area contributed by atoms with Crippen molar-refractivity contribution < 1.29 is 21.5 Å². The van der Waals surface area contributed by atoms with Crippen molar-refractivity contribution >= 4 is 98.8 Å². The molecule has 8 aromatic rings. The molecular formula is C31H19I2N2-. The molecule has 0 N–H and O–H groups in total. The first-order chi connectivity index (χ1) is 17.3. The molecule has 8 rings (SSSR count). The maximum atomic E-state index is 2.62. The first kappa shape index (κ1) is 20.4. The molecule has 2 aromatic heterocycles. The zero-order valence-corrected chi connectivity index (χ0v) is 23.2. The Morgan fingerprint density at radius 2 is 0.943 bits per heavy atom. The van der Waals surface area contributed by atoms with Crippen LogP contribution in [0.2, 0.25) is 0 Å². The van der Waals surface area contributed by atoms with E-state index < -0.39 is 0 Å². The molecule has 2 heterocycles. The van der Waals surface area contributed by atoms with Crippen molar-refractivity contribution in [2.75, 3.05) is 4.93 Å². The van der Waals surface area contributed by atoms with Crippen LogP contribution in [0.1, 0.15) is 0 Å². The van der Waals surface area contributed by atoms with Crippen LogP contribution in [0.3, 0.4) is 0 Å². The normalized spacial score (nSPS) is 12.5. The van der Waals surface area contributed by atoms with E-state index in [-0.39, 0.29) is 21.5 Å². The Balaban J connectivity index is 1.90. The number of nitrogens with zero attached hydrogens (tertiary/aromatic N) is 2. The molecule has 0 unspecified atom stereocenters. The molecule has 0 fully saturated rings. The minimum atomic E-state index is -0.188. The number of benzene rings is 6. The predicted octanol–water partition coefficient (Wildman–Crippen LogP) is 6.04. The van der Waals surface area contributed by atoms with Crippen LogP contribution in [0.4, 0.5) is 0 Å². The van der Waals surface area contributed by atoms with Gasteiger partial charge in [0.05, 0.1) is 0 Å². The molecule has 0 atom stereocenters. The topological polar surface area (TPSA) is 9.86 Å². The summed E-state index contributed by atoms with van der Waals surface area (Å²) in [7, 11) is 0. The van der Waals surface area contributed by atoms with Gasteiger partial charge in [-0.1, -0.05) is 0 Å². The quantitative estimate of drug-likeness (QED) is 0.114. The van der Waals surface area contributed by atoms with Crippen molar-refractivity contribution in [2.24, 2.45) is 0 Å². The Kier molecular flexibility index (Phi) is 4.27. The van der Waals surface area contributed by atoms with Gasteiger partial charge in [-0.3, -0.25) is 0 Å². The summed E-state index contributed by atoms with van der Waals surface area (Å²) >= 11 is 2.31. The SMILES string of the molecule is C[I-]n1c2ccccc2c2c3c(c4ccccc4c4c3c3ccccc3n4I)c3ccccc3c21. The number of hydrogen-bond donors (Lipinski definition) is 0. The van der Waals surface area contributed by atoms with Crippen molar-refractivity contribution in [2.45, 2.75) is 0 Å². The van der Waals surface area contributed by atoms with E-state index in [0.717, 1.165) is 0 Å². The zero-order chi connectivity index (χ0) is 23.3. The van der Waals surface area contributed by atoms with Crippen molar-refractivity contribution in [3.8, 4) is 0 Å². The summed E-state index contributed by atoms with van der Waals surface area (Å²) in [5.74, 6) is 0. The molecule has 0 aliphatic heterocycles. The number of alkyl halides is 1. The molecule has 0 saturated heterocycles. The summed E-state index contributed by atoms with van der Waals surface area (Å²) in [6.45, 7) is 0. The van der Waals surface area contributed by atoms with E-state index in [1.54, 1.807) is 0 Å². The molecular weight excluding hydrogens is 654 g/mol. The van der Waals surface area contributed by atoms with Gasteiger partial charge in [-0.2, -0.15) is 0 Å². The molecule has 0 aliphatic carbocycles. The third-order valence-electron chi connectivity index (χ3n) is 7.46. The Morgan fingerprint density at radius 1 is 0.486 bits per heavy atom. The van der Waals surface area contributed by atoms with Crippen LogP contribution >= 0.6 is 22.9 Å². The van der Waals surface area contributed by atoms with Crippen LogP contribution in [0.5, 0.6) is 0 Å². The number of halogens is 2. The molecule has 0 aliphatic rings. The molecule has 35 heavy (non-hydrogen) atoms. The Hall–Kier alpha value is -2.84. The van der Waals surface area contributed by atoms with E-state index in [2.05, 4.69) is 130 Å². The molecule has 2 nitrogen and oxygen atoms in total. The van der Waals surface area contributed by atoms with Crippen LogP contribution in [-0.2, 0) is 0 Å². The number of para-hydroxylation sites is 2. The van der Waals surface area contributed by atoms with Gasteiger partial charge in [0.25, 0.3) is 0 Å². The van der Waals surface area contributed by atoms with Crippen molar-refractivity contribution in [1.82, 2.24) is 5.56 Å². The van der Waals surface area contributed by atoms with E-state index in [0.29, 0.717) is 0 Å². The predicted molar refractivity (Wildman–Crippen MR) is 156 cm³/mol. The van der Waals surface area contributed by atoms with E-state index in [9.17, 15) is 0 Å². The standard InChI is InChI=1S/C31H19I2N2/c1-33-35-25-17-9-7-15-23(25)28-29-26(19-11-3-5-13-21(19)31(28)35)18-10-2-4-12-20(18)30-27(29)22-14-6-8-16-24(22)34(30)32/h2-17H,1H3/q-1. The Labute approximate surface area is 226 Å². The van der Waals surface area contributed by atoms with Crippen LogP contribution < -0.4 is 21.5 Å². The molecule has 0 bridgehead atoms. The van der Waals surface area contributed by atoms with Crippen LogP contribution in [0.15, 0.2) is 97.1 Å². The van der Waals surface area contributed by atoms with Gasteiger partial charge < -0.3 is 0 Å². The second kappa shape index (κ2) is 7.34. The monoisotopic (exact) mass is 673 g/mol. The van der Waals surface area contributed by atoms with E-state index in [1.807, 2.05) is 0 Å². The Morgan fingerprint density at radius 3 is 1.57 bits per heavy atom. The molecule has 0 amide bonds. The number of hydrogen-bond acceptors (Lipinski definition) is 0. The van der Waals surface area contributed by atoms with Crippen LogP contribution in [-0.4, -0.2) is 10.5 Å². The summed E-state index contributed by atoms with van der Waals surface area (Å²) in [5.41, 5.74) is 5.34. The van der Waals surface area contributed by atoms with Gasteiger partial charge in [-0.25, -0.2) is 0 Å². The third-order valence-corrected chi connectivity index (χ3v) is 10.4. The second-order valence-corrected chi connectivity index (χ2v) is 11.9. The van der Waals surface area contributed by atoms with Gasteiger partial charge in [0.15, 0.2) is 0 Å². The molecule has 4 heteroatoms. The Bertz CT molecular complexity index is 2170. The fourth-order valence-corrected chi connectivity index (χ4v) is 9.02. The van der Waals surface area contributed by atoms with Crippen LogP contribution in [0.25, 0.3) is 75.9 Å². The summed E-state index contributed by atoms with van der Waals surface area (Å²) in [5, 5.41) is 13.6.